The van der Waals surface area contributed by atoms with Crippen LogP contribution in [0.15, 0.2) is 18.2 Å². The molecule has 0 atom stereocenters. The Morgan fingerprint density at radius 1 is 1.47 bits per heavy atom. The molecule has 0 saturated carbocycles. The molecule has 0 unspecified atom stereocenters. The molecule has 0 radical (unpaired) electrons. The van der Waals surface area contributed by atoms with Gasteiger partial charge >= 0.3 is 0 Å². The average molecular weight is 230 g/mol. The Morgan fingerprint density at radius 3 is 2.82 bits per heavy atom. The van der Waals surface area contributed by atoms with E-state index in [1.807, 2.05) is 0 Å². The molecule has 2 rings (SSSR count). The maximum Gasteiger partial charge on any atom is 0.271 e. The number of primary amides is 1. The van der Waals surface area contributed by atoms with Crippen LogP contribution in [0.3, 0.4) is 0 Å². The van der Waals surface area contributed by atoms with Gasteiger partial charge in [-0.05, 0) is 18.2 Å². The number of aromatic amines is 1. The first-order valence-corrected chi connectivity index (χ1v) is 4.60. The number of nitrogens with two attached hydrogens (primary N) is 1. The largest absolute Gasteiger partial charge is 0.364 e. The van der Waals surface area contributed by atoms with Gasteiger partial charge in [0.2, 0.25) is 0 Å². The lowest BCUT2D eigenvalue weighted by Gasteiger charge is -2.01. The number of terminal acetylenes is 1. The minimum absolute atomic E-state index is 0.0681. The zero-order valence-electron chi connectivity index (χ0n) is 8.57. The SMILES string of the molecule is C#Cc1ccc(-c2n[nH]nc2C(N)=O)c(F)c1. The van der Waals surface area contributed by atoms with Crippen LogP contribution in [-0.4, -0.2) is 21.3 Å². The maximum atomic E-state index is 13.7. The molecule has 2 aromatic rings. The summed E-state index contributed by atoms with van der Waals surface area (Å²) in [6.07, 6.45) is 5.14. The van der Waals surface area contributed by atoms with Crippen molar-refractivity contribution in [2.24, 2.45) is 5.73 Å². The summed E-state index contributed by atoms with van der Waals surface area (Å²) in [4.78, 5) is 11.0. The van der Waals surface area contributed by atoms with Crippen molar-refractivity contribution in [2.75, 3.05) is 0 Å². The minimum atomic E-state index is -0.783. The smallest absolute Gasteiger partial charge is 0.271 e. The quantitative estimate of drug-likeness (QED) is 0.744. The molecule has 0 spiro atoms. The van der Waals surface area contributed by atoms with Crippen molar-refractivity contribution in [3.63, 3.8) is 0 Å². The second-order valence-electron chi connectivity index (χ2n) is 3.22. The molecule has 84 valence electrons. The summed E-state index contributed by atoms with van der Waals surface area (Å²) in [6.45, 7) is 0. The van der Waals surface area contributed by atoms with Gasteiger partial charge in [-0.25, -0.2) is 4.39 Å². The fourth-order valence-corrected chi connectivity index (χ4v) is 1.39. The highest BCUT2D eigenvalue weighted by Gasteiger charge is 2.18. The average Bonchev–Trinajstić information content (AvgIpc) is 2.77. The number of nitrogens with one attached hydrogen (secondary N) is 1. The molecule has 1 aromatic carbocycles. The zero-order valence-corrected chi connectivity index (χ0v) is 8.57. The van der Waals surface area contributed by atoms with Crippen molar-refractivity contribution in [2.45, 2.75) is 0 Å². The molecule has 1 amide bonds. The van der Waals surface area contributed by atoms with Gasteiger partial charge in [-0.15, -0.1) is 6.42 Å². The van der Waals surface area contributed by atoms with Gasteiger partial charge in [0.05, 0.1) is 0 Å². The van der Waals surface area contributed by atoms with E-state index >= 15 is 0 Å². The van der Waals surface area contributed by atoms with E-state index in [0.29, 0.717) is 5.56 Å². The standard InChI is InChI=1S/C11H7FN4O/c1-2-6-3-4-7(8(12)5-6)9-10(11(13)17)15-16-14-9/h1,3-5H,(H2,13,17)(H,14,15,16). The Labute approximate surface area is 95.8 Å². The molecule has 6 heteroatoms. The number of rotatable bonds is 2. The van der Waals surface area contributed by atoms with Gasteiger partial charge in [-0.3, -0.25) is 4.79 Å². The normalized spacial score (nSPS) is 9.88. The highest BCUT2D eigenvalue weighted by Crippen LogP contribution is 2.23. The minimum Gasteiger partial charge on any atom is -0.364 e. The van der Waals surface area contributed by atoms with Crippen molar-refractivity contribution < 1.29 is 9.18 Å². The molecule has 0 bridgehead atoms. The molecule has 0 aliphatic heterocycles. The van der Waals surface area contributed by atoms with Crippen molar-refractivity contribution in [1.82, 2.24) is 15.4 Å². The van der Waals surface area contributed by atoms with Crippen LogP contribution in [0.2, 0.25) is 0 Å². The Kier molecular flexibility index (Phi) is 2.58. The summed E-state index contributed by atoms with van der Waals surface area (Å²) in [5, 5.41) is 9.48. The third-order valence-electron chi connectivity index (χ3n) is 2.17. The molecule has 0 aliphatic rings. The fraction of sp³-hybridized carbons (Fsp3) is 0. The Bertz CT molecular complexity index is 627. The monoisotopic (exact) mass is 230 g/mol. The van der Waals surface area contributed by atoms with Crippen LogP contribution >= 0.6 is 0 Å². The van der Waals surface area contributed by atoms with Crippen LogP contribution in [-0.2, 0) is 0 Å². The van der Waals surface area contributed by atoms with E-state index in [1.54, 1.807) is 0 Å². The number of halogens is 1. The van der Waals surface area contributed by atoms with E-state index in [0.717, 1.165) is 0 Å². The molecule has 1 aromatic heterocycles. The number of hydrogen-bond donors (Lipinski definition) is 2. The van der Waals surface area contributed by atoms with Gasteiger partial charge in [0, 0.05) is 11.1 Å². The highest BCUT2D eigenvalue weighted by atomic mass is 19.1. The first kappa shape index (κ1) is 10.8. The van der Waals surface area contributed by atoms with Crippen LogP contribution in [0.4, 0.5) is 4.39 Å². The molecule has 1 heterocycles. The van der Waals surface area contributed by atoms with Crippen molar-refractivity contribution in [3.8, 4) is 23.6 Å². The number of aromatic nitrogens is 3. The van der Waals surface area contributed by atoms with E-state index in [-0.39, 0.29) is 17.0 Å². The van der Waals surface area contributed by atoms with Gasteiger partial charge in [0.1, 0.15) is 11.5 Å². The van der Waals surface area contributed by atoms with E-state index in [4.69, 9.17) is 12.2 Å². The molecular weight excluding hydrogens is 223 g/mol. The molecule has 0 aliphatic carbocycles. The van der Waals surface area contributed by atoms with Crippen LogP contribution < -0.4 is 5.73 Å². The Hall–Kier alpha value is -2.68. The summed E-state index contributed by atoms with van der Waals surface area (Å²) in [7, 11) is 0. The van der Waals surface area contributed by atoms with E-state index in [2.05, 4.69) is 21.3 Å². The van der Waals surface area contributed by atoms with E-state index in [9.17, 15) is 9.18 Å². The third-order valence-corrected chi connectivity index (χ3v) is 2.17. The summed E-state index contributed by atoms with van der Waals surface area (Å²) in [5.41, 5.74) is 5.56. The lowest BCUT2D eigenvalue weighted by Crippen LogP contribution is -2.13. The zero-order chi connectivity index (χ0) is 12.4. The number of amides is 1. The van der Waals surface area contributed by atoms with Gasteiger partial charge < -0.3 is 5.73 Å². The number of H-pyrrole nitrogens is 1. The van der Waals surface area contributed by atoms with Gasteiger partial charge in [0.25, 0.3) is 5.91 Å². The lowest BCUT2D eigenvalue weighted by molar-refractivity contribution is 0.0996. The van der Waals surface area contributed by atoms with Gasteiger partial charge in [-0.1, -0.05) is 5.92 Å². The molecule has 0 saturated heterocycles. The third kappa shape index (κ3) is 1.86. The number of nitrogens with zero attached hydrogens (tertiary/aromatic N) is 2. The lowest BCUT2D eigenvalue weighted by atomic mass is 10.1. The summed E-state index contributed by atoms with van der Waals surface area (Å²) < 4.78 is 13.7. The predicted octanol–water partition coefficient (Wildman–Crippen LogP) is 0.691. The van der Waals surface area contributed by atoms with Crippen LogP contribution in [0.25, 0.3) is 11.3 Å². The number of hydrogen-bond acceptors (Lipinski definition) is 3. The molecule has 0 fully saturated rings. The molecule has 3 N–H and O–H groups in total. The fourth-order valence-electron chi connectivity index (χ4n) is 1.39. The Balaban J connectivity index is 2.58. The van der Waals surface area contributed by atoms with Gasteiger partial charge in [-0.2, -0.15) is 15.4 Å². The Morgan fingerprint density at radius 2 is 2.24 bits per heavy atom. The summed E-state index contributed by atoms with van der Waals surface area (Å²) in [6, 6.07) is 4.14. The second kappa shape index (κ2) is 4.06. The summed E-state index contributed by atoms with van der Waals surface area (Å²) >= 11 is 0. The van der Waals surface area contributed by atoms with Crippen molar-refractivity contribution in [1.29, 1.82) is 0 Å². The number of benzene rings is 1. The molecule has 17 heavy (non-hydrogen) atoms. The van der Waals surface area contributed by atoms with Gasteiger partial charge in [0.15, 0.2) is 5.69 Å². The number of carbonyl (C=O) groups is 1. The van der Waals surface area contributed by atoms with Crippen molar-refractivity contribution in [3.05, 3.63) is 35.3 Å². The number of carbonyl (C=O) groups excluding carboxylic acids is 1. The van der Waals surface area contributed by atoms with Crippen LogP contribution in [0.1, 0.15) is 16.1 Å². The first-order valence-electron chi connectivity index (χ1n) is 4.60. The van der Waals surface area contributed by atoms with Crippen LogP contribution in [0.5, 0.6) is 0 Å². The predicted molar refractivity (Wildman–Crippen MR) is 58.2 cm³/mol. The topological polar surface area (TPSA) is 84.7 Å². The maximum absolute atomic E-state index is 13.7. The molecular formula is C11H7FN4O. The highest BCUT2D eigenvalue weighted by molar-refractivity contribution is 5.96. The van der Waals surface area contributed by atoms with E-state index < -0.39 is 11.7 Å². The first-order chi connectivity index (χ1) is 8.13. The van der Waals surface area contributed by atoms with E-state index in [1.165, 1.54) is 18.2 Å². The molecule has 5 nitrogen and oxygen atoms in total. The van der Waals surface area contributed by atoms with Crippen LogP contribution in [0, 0.1) is 18.2 Å². The van der Waals surface area contributed by atoms with Crippen molar-refractivity contribution >= 4 is 5.91 Å². The summed E-state index contributed by atoms with van der Waals surface area (Å²) in [5.74, 6) is 0.933. The second-order valence-corrected chi connectivity index (χ2v) is 3.22.